The van der Waals surface area contributed by atoms with Crippen molar-refractivity contribution >= 4 is 70.6 Å². The van der Waals surface area contributed by atoms with Crippen LogP contribution in [0.15, 0.2) is 106 Å². The molecule has 0 spiro atoms. The van der Waals surface area contributed by atoms with E-state index in [-0.39, 0.29) is 75.2 Å². The highest BCUT2D eigenvalue weighted by Gasteiger charge is 2.55. The SMILES string of the molecule is CC1OC(OC2C(OC3OC(CO)C(O)C(O[C@@H](CC4CCCCC4)C(=O)O)C3OC(=O)c3ccccc3)CC(C(=O)NCCCc3cn(CCCC(=O)Nc4ccc(S(=O)(=O)O)c5cc(S(=O)(=O)O)cc(S(=O)(=O)O)c45)nn3)CC2n2cc(-c3cccc(F)c3)nn2)C(O)C(O)C1O. The van der Waals surface area contributed by atoms with Crippen molar-refractivity contribution in [3.8, 4) is 11.3 Å². The van der Waals surface area contributed by atoms with Gasteiger partial charge in [-0.1, -0.05) is 72.9 Å². The van der Waals surface area contributed by atoms with Crippen LogP contribution >= 0.6 is 0 Å². The molecular weight excluding hydrogens is 1370 g/mol. The van der Waals surface area contributed by atoms with E-state index < -0.39 is 189 Å². The number of aliphatic hydroxyl groups is 5. The van der Waals surface area contributed by atoms with Crippen LogP contribution in [0.5, 0.6) is 0 Å². The number of nitrogens with zero attached hydrogens (tertiary/aromatic N) is 6. The number of halogens is 1. The van der Waals surface area contributed by atoms with Crippen LogP contribution < -0.4 is 10.6 Å². The van der Waals surface area contributed by atoms with Gasteiger partial charge < -0.3 is 69.7 Å². The van der Waals surface area contributed by atoms with Gasteiger partial charge in [-0.05, 0) is 99.9 Å². The molecule has 14 unspecified atom stereocenters. The maximum atomic E-state index is 14.8. The zero-order chi connectivity index (χ0) is 71.3. The number of aliphatic hydroxyl groups excluding tert-OH is 5. The van der Waals surface area contributed by atoms with E-state index in [0.717, 1.165) is 31.4 Å². The molecule has 2 aliphatic heterocycles. The van der Waals surface area contributed by atoms with Gasteiger partial charge in [0.1, 0.15) is 64.0 Å². The molecule has 4 aromatic carbocycles. The van der Waals surface area contributed by atoms with Gasteiger partial charge in [0.15, 0.2) is 24.8 Å². The summed E-state index contributed by atoms with van der Waals surface area (Å²) in [5.74, 6) is -5.46. The van der Waals surface area contributed by atoms with Crippen molar-refractivity contribution in [2.24, 2.45) is 11.8 Å². The molecule has 4 fully saturated rings. The van der Waals surface area contributed by atoms with Crippen molar-refractivity contribution in [1.82, 2.24) is 35.3 Å². The molecule has 2 amide bonds. The number of esters is 1. The number of amides is 2. The Kier molecular flexibility index (Phi) is 23.7. The summed E-state index contributed by atoms with van der Waals surface area (Å²) >= 11 is 0. The van der Waals surface area contributed by atoms with Crippen molar-refractivity contribution < 1.29 is 122 Å². The molecule has 33 nitrogen and oxygen atoms in total. The third-order valence-corrected chi connectivity index (χ3v) is 20.5. The molecule has 15 atom stereocenters. The van der Waals surface area contributed by atoms with Crippen molar-refractivity contribution in [2.45, 2.75) is 191 Å². The number of rotatable bonds is 27. The maximum absolute atomic E-state index is 14.8. The topological polar surface area (TPSA) is 494 Å². The Hall–Kier alpha value is -7.44. The lowest BCUT2D eigenvalue weighted by atomic mass is 9.80. The van der Waals surface area contributed by atoms with Crippen LogP contribution in [0.3, 0.4) is 0 Å². The van der Waals surface area contributed by atoms with Crippen LogP contribution in [0, 0.1) is 17.7 Å². The van der Waals surface area contributed by atoms with Crippen LogP contribution in [-0.2, 0) is 86.1 Å². The van der Waals surface area contributed by atoms with E-state index in [4.69, 9.17) is 28.4 Å². The summed E-state index contributed by atoms with van der Waals surface area (Å²) in [4.78, 5) is 51.9. The Morgan fingerprint density at radius 3 is 2.17 bits per heavy atom. The molecule has 2 saturated carbocycles. The molecule has 10 rings (SSSR count). The molecule has 4 aliphatic rings. The zero-order valence-electron chi connectivity index (χ0n) is 52.8. The van der Waals surface area contributed by atoms with Gasteiger partial charge in [-0.25, -0.2) is 18.7 Å². The van der Waals surface area contributed by atoms with E-state index in [0.29, 0.717) is 36.2 Å². The molecule has 2 aromatic heterocycles. The average molecular weight is 1450 g/mol. The summed E-state index contributed by atoms with van der Waals surface area (Å²) < 4.78 is 159. The number of carboxylic acids is 1. The fourth-order valence-corrected chi connectivity index (χ4v) is 14.9. The number of fused-ring (bicyclic) bond motifs is 1. The van der Waals surface area contributed by atoms with Gasteiger partial charge in [0.25, 0.3) is 30.4 Å². The number of hydrogen-bond acceptors (Lipinski definition) is 25. The van der Waals surface area contributed by atoms with Crippen molar-refractivity contribution in [3.05, 3.63) is 108 Å². The second-order valence-electron chi connectivity index (χ2n) is 24.8. The third-order valence-electron chi connectivity index (χ3n) is 17.9. The Morgan fingerprint density at radius 1 is 0.747 bits per heavy atom. The number of nitrogens with one attached hydrogen (secondary N) is 2. The highest BCUT2D eigenvalue weighted by Crippen LogP contribution is 2.43. The van der Waals surface area contributed by atoms with Crippen LogP contribution in [0.1, 0.15) is 99.6 Å². The maximum Gasteiger partial charge on any atom is 0.338 e. The molecule has 99 heavy (non-hydrogen) atoms. The molecule has 4 heterocycles. The minimum Gasteiger partial charge on any atom is -0.479 e. The van der Waals surface area contributed by atoms with E-state index in [2.05, 4.69) is 31.3 Å². The molecule has 538 valence electrons. The predicted molar refractivity (Wildman–Crippen MR) is 337 cm³/mol. The van der Waals surface area contributed by atoms with Crippen LogP contribution in [0.4, 0.5) is 10.1 Å². The van der Waals surface area contributed by atoms with E-state index in [1.54, 1.807) is 30.5 Å². The second kappa shape index (κ2) is 31.6. The monoisotopic (exact) mass is 1450 g/mol. The number of carbonyl (C=O) groups is 4. The number of aliphatic carboxylic acids is 1. The van der Waals surface area contributed by atoms with E-state index in [1.807, 2.05) is 0 Å². The number of carbonyl (C=O) groups excluding carboxylic acids is 3. The molecule has 11 N–H and O–H groups in total. The molecular formula is C62H75FN8O25S3. The quantitative estimate of drug-likeness (QED) is 0.0200. The number of anilines is 1. The number of aryl methyl sites for hydroxylation is 2. The highest BCUT2D eigenvalue weighted by atomic mass is 32.2. The fraction of sp³-hybridized carbons (Fsp3) is 0.516. The Balaban J connectivity index is 0.886. The normalized spacial score (nSPS) is 26.7. The predicted octanol–water partition coefficient (Wildman–Crippen LogP) is 2.40. The number of benzene rings is 4. The second-order valence-corrected chi connectivity index (χ2v) is 29.0. The van der Waals surface area contributed by atoms with Crippen molar-refractivity contribution in [2.75, 3.05) is 18.5 Å². The van der Waals surface area contributed by atoms with E-state index >= 15 is 0 Å². The van der Waals surface area contributed by atoms with Gasteiger partial charge in [-0.15, -0.1) is 10.2 Å². The van der Waals surface area contributed by atoms with Crippen LogP contribution in [0.25, 0.3) is 22.0 Å². The van der Waals surface area contributed by atoms with Gasteiger partial charge in [0.2, 0.25) is 11.8 Å². The minimum absolute atomic E-state index is 0.0158. The first kappa shape index (κ1) is 74.3. The standard InChI is InChI=1S/C62H75FN8O25S3/c1-32-51(74)53(76)54(77)61(91-32)96-55-43(71-30-42(67-69-71)35-15-8-16-37(63)24-35)25-36(26-44(55)93-62-57(95-60(81)34-13-6-3-7-14-34)56(52(75)46(31-72)94-62)92-45(59(79)80)23-33-11-4-2-5-12-33)58(78)64-21-9-17-38-29-70(68-66-38)22-10-18-49(73)65-41-19-20-47(98(85,86)87)40-27-39(97(82,83)84)28-48(50(40)41)99(88,89)90/h3,6-8,13-16,19-20,24,27-30,32-33,36,43-46,51-57,61-62,72,74-77H,2,4-5,9-12,17-18,21-23,25-26,31H2,1H3,(H,64,78)(H,65,73)(H,79,80)(H,82,83,84)(H,85,86,87)(H,88,89,90)/t32?,36?,43?,44?,45-,46?,51?,52?,53?,54?,55?,56?,57?,61?,62?/m0/s1. The first-order valence-corrected chi connectivity index (χ1v) is 36.0. The van der Waals surface area contributed by atoms with Crippen LogP contribution in [-0.4, -0.2) is 216 Å². The summed E-state index contributed by atoms with van der Waals surface area (Å²) in [6, 6.07) is 14.4. The smallest absolute Gasteiger partial charge is 0.338 e. The summed E-state index contributed by atoms with van der Waals surface area (Å²) in [6.07, 6.45) is -14.7. The largest absolute Gasteiger partial charge is 0.479 e. The molecule has 37 heteroatoms. The van der Waals surface area contributed by atoms with E-state index in [1.165, 1.54) is 52.8 Å². The lowest BCUT2D eigenvalue weighted by molar-refractivity contribution is -0.348. The highest BCUT2D eigenvalue weighted by molar-refractivity contribution is 7.87. The summed E-state index contributed by atoms with van der Waals surface area (Å²) in [6.45, 7) is 0.609. The van der Waals surface area contributed by atoms with Crippen molar-refractivity contribution in [1.29, 1.82) is 0 Å². The van der Waals surface area contributed by atoms with Gasteiger partial charge in [0, 0.05) is 48.0 Å². The van der Waals surface area contributed by atoms with E-state index in [9.17, 15) is 93.1 Å². The molecule has 6 aromatic rings. The molecule has 0 radical (unpaired) electrons. The lowest BCUT2D eigenvalue weighted by Gasteiger charge is -2.48. The van der Waals surface area contributed by atoms with Gasteiger partial charge in [0.05, 0.1) is 52.9 Å². The average Bonchev–Trinajstić information content (AvgIpc) is 1.13. The fourth-order valence-electron chi connectivity index (χ4n) is 12.8. The zero-order valence-corrected chi connectivity index (χ0v) is 55.3. The Bertz CT molecular complexity index is 4220. The number of ether oxygens (including phenoxy) is 6. The number of hydrogen-bond donors (Lipinski definition) is 11. The lowest BCUT2D eigenvalue weighted by Crippen LogP contribution is -2.64. The summed E-state index contributed by atoms with van der Waals surface area (Å²) in [7, 11) is -15.8. The molecule has 2 aliphatic carbocycles. The number of aromatic nitrogens is 6. The first-order chi connectivity index (χ1) is 46.9. The minimum atomic E-state index is -5.39. The van der Waals surface area contributed by atoms with Gasteiger partial charge >= 0.3 is 11.9 Å². The Labute approximate surface area is 565 Å². The molecule has 0 bridgehead atoms. The van der Waals surface area contributed by atoms with Crippen LogP contribution in [0.2, 0.25) is 0 Å². The summed E-state index contributed by atoms with van der Waals surface area (Å²) in [5, 5.41) is 87.4. The summed E-state index contributed by atoms with van der Waals surface area (Å²) in [5.41, 5.74) is 0.495. The Morgan fingerprint density at radius 2 is 1.48 bits per heavy atom. The van der Waals surface area contributed by atoms with Crippen molar-refractivity contribution in [3.63, 3.8) is 0 Å². The molecule has 2 saturated heterocycles. The third kappa shape index (κ3) is 18.0. The van der Waals surface area contributed by atoms with Gasteiger partial charge in [-0.2, -0.15) is 25.3 Å². The first-order valence-electron chi connectivity index (χ1n) is 31.7. The number of carboxylic acid groups (broad SMARTS) is 1. The van der Waals surface area contributed by atoms with Gasteiger partial charge in [-0.3, -0.25) is 27.9 Å².